The van der Waals surface area contributed by atoms with Crippen LogP contribution < -0.4 is 0 Å². The van der Waals surface area contributed by atoms with Crippen LogP contribution in [0.25, 0.3) is 0 Å². The first-order chi connectivity index (χ1) is 8.17. The molecule has 0 aromatic carbocycles. The first-order valence-corrected chi connectivity index (χ1v) is 5.84. The maximum absolute atomic E-state index is 10.0. The van der Waals surface area contributed by atoms with E-state index in [4.69, 9.17) is 14.2 Å². The van der Waals surface area contributed by atoms with Gasteiger partial charge in [-0.25, -0.2) is 0 Å². The van der Waals surface area contributed by atoms with E-state index in [0.29, 0.717) is 6.61 Å². The Hall–Kier alpha value is -0.940. The van der Waals surface area contributed by atoms with Crippen molar-refractivity contribution in [2.45, 2.75) is 30.8 Å². The van der Waals surface area contributed by atoms with Gasteiger partial charge < -0.3 is 19.3 Å². The minimum absolute atomic E-state index is 0.0289. The van der Waals surface area contributed by atoms with Crippen molar-refractivity contribution in [1.29, 1.82) is 0 Å². The summed E-state index contributed by atoms with van der Waals surface area (Å²) in [6.45, 7) is 4.83. The van der Waals surface area contributed by atoms with E-state index in [-0.39, 0.29) is 12.9 Å². The van der Waals surface area contributed by atoms with Gasteiger partial charge in [0.25, 0.3) is 0 Å². The summed E-state index contributed by atoms with van der Waals surface area (Å²) in [5.41, 5.74) is 2.24. The van der Waals surface area contributed by atoms with Crippen LogP contribution >= 0.6 is 0 Å². The fraction of sp³-hybridized carbons (Fsp3) is 0.538. The molecular formula is C13H16O4. The van der Waals surface area contributed by atoms with Gasteiger partial charge in [-0.15, -0.1) is 0 Å². The average molecular weight is 236 g/mol. The van der Waals surface area contributed by atoms with Gasteiger partial charge in [-0.05, 0) is 30.6 Å². The molecular weight excluding hydrogens is 220 g/mol. The Morgan fingerprint density at radius 3 is 3.12 bits per heavy atom. The van der Waals surface area contributed by atoms with Crippen LogP contribution in [0.15, 0.2) is 36.0 Å². The van der Waals surface area contributed by atoms with Crippen LogP contribution in [0, 0.1) is 0 Å². The SMILES string of the molecule is C=C1CCOC(C2=CC3OCOC3(O)C=C2)C1. The molecule has 3 aliphatic rings. The maximum atomic E-state index is 10.0. The van der Waals surface area contributed by atoms with E-state index in [1.807, 2.05) is 12.2 Å². The summed E-state index contributed by atoms with van der Waals surface area (Å²) in [6, 6.07) is 0. The van der Waals surface area contributed by atoms with Crippen molar-refractivity contribution in [3.63, 3.8) is 0 Å². The van der Waals surface area contributed by atoms with Crippen molar-refractivity contribution in [2.24, 2.45) is 0 Å². The molecule has 17 heavy (non-hydrogen) atoms. The van der Waals surface area contributed by atoms with Crippen molar-refractivity contribution < 1.29 is 19.3 Å². The molecule has 3 atom stereocenters. The van der Waals surface area contributed by atoms with Gasteiger partial charge in [0.2, 0.25) is 5.79 Å². The Morgan fingerprint density at radius 1 is 1.41 bits per heavy atom. The van der Waals surface area contributed by atoms with Crippen molar-refractivity contribution in [3.8, 4) is 0 Å². The molecule has 0 aromatic heterocycles. The van der Waals surface area contributed by atoms with E-state index in [1.165, 1.54) is 5.57 Å². The van der Waals surface area contributed by atoms with E-state index in [0.717, 1.165) is 18.4 Å². The van der Waals surface area contributed by atoms with Crippen LogP contribution in [-0.2, 0) is 14.2 Å². The molecule has 2 fully saturated rings. The van der Waals surface area contributed by atoms with Crippen molar-refractivity contribution in [3.05, 3.63) is 36.0 Å². The highest BCUT2D eigenvalue weighted by molar-refractivity contribution is 5.34. The summed E-state index contributed by atoms with van der Waals surface area (Å²) in [5.74, 6) is -1.30. The standard InChI is InChI=1S/C13H16O4/c1-9-3-5-15-11(6-9)10-2-4-13(14)12(7-10)16-8-17-13/h2,4,7,11-12,14H,1,3,5-6,8H2. The average Bonchev–Trinajstić information content (AvgIpc) is 2.69. The molecule has 0 amide bonds. The van der Waals surface area contributed by atoms with Gasteiger partial charge in [-0.1, -0.05) is 18.2 Å². The second kappa shape index (κ2) is 4.07. The molecule has 4 heteroatoms. The molecule has 2 saturated heterocycles. The van der Waals surface area contributed by atoms with E-state index in [9.17, 15) is 5.11 Å². The van der Waals surface area contributed by atoms with Crippen LogP contribution in [0.5, 0.6) is 0 Å². The van der Waals surface area contributed by atoms with Crippen LogP contribution in [0.2, 0.25) is 0 Å². The van der Waals surface area contributed by atoms with Crippen LogP contribution in [0.1, 0.15) is 12.8 Å². The fourth-order valence-electron chi connectivity index (χ4n) is 2.36. The molecule has 92 valence electrons. The van der Waals surface area contributed by atoms with Crippen molar-refractivity contribution in [2.75, 3.05) is 13.4 Å². The molecule has 3 unspecified atom stereocenters. The van der Waals surface area contributed by atoms with Gasteiger partial charge in [-0.2, -0.15) is 0 Å². The third kappa shape index (κ3) is 1.98. The summed E-state index contributed by atoms with van der Waals surface area (Å²) in [4.78, 5) is 0. The highest BCUT2D eigenvalue weighted by Crippen LogP contribution is 2.33. The zero-order chi connectivity index (χ0) is 11.9. The Bertz CT molecular complexity index is 398. The zero-order valence-electron chi connectivity index (χ0n) is 9.59. The Morgan fingerprint density at radius 2 is 2.29 bits per heavy atom. The molecule has 1 aliphatic carbocycles. The molecule has 0 saturated carbocycles. The monoisotopic (exact) mass is 236 g/mol. The molecule has 0 bridgehead atoms. The number of ether oxygens (including phenoxy) is 3. The van der Waals surface area contributed by atoms with Crippen LogP contribution in [0.3, 0.4) is 0 Å². The van der Waals surface area contributed by atoms with Gasteiger partial charge in [0.05, 0.1) is 12.7 Å². The Balaban J connectivity index is 1.79. The zero-order valence-corrected chi connectivity index (χ0v) is 9.59. The molecule has 0 aromatic rings. The number of rotatable bonds is 1. The van der Waals surface area contributed by atoms with Crippen LogP contribution in [-0.4, -0.2) is 36.5 Å². The van der Waals surface area contributed by atoms with Gasteiger partial charge in [0.15, 0.2) is 6.79 Å². The quantitative estimate of drug-likeness (QED) is 0.697. The minimum atomic E-state index is -1.30. The molecule has 4 nitrogen and oxygen atoms in total. The van der Waals surface area contributed by atoms with Crippen molar-refractivity contribution in [1.82, 2.24) is 0 Å². The largest absolute Gasteiger partial charge is 0.373 e. The van der Waals surface area contributed by atoms with E-state index >= 15 is 0 Å². The Kier molecular flexibility index (Phi) is 2.67. The van der Waals surface area contributed by atoms with Crippen LogP contribution in [0.4, 0.5) is 0 Å². The summed E-state index contributed by atoms with van der Waals surface area (Å²) in [6.07, 6.45) is 6.75. The lowest BCUT2D eigenvalue weighted by atomic mass is 9.91. The molecule has 2 aliphatic heterocycles. The lowest BCUT2D eigenvalue weighted by Crippen LogP contribution is -2.39. The number of fused-ring (bicyclic) bond motifs is 1. The lowest BCUT2D eigenvalue weighted by molar-refractivity contribution is -0.134. The smallest absolute Gasteiger partial charge is 0.218 e. The summed E-state index contributed by atoms with van der Waals surface area (Å²) in [7, 11) is 0. The fourth-order valence-corrected chi connectivity index (χ4v) is 2.36. The molecule has 0 spiro atoms. The maximum Gasteiger partial charge on any atom is 0.218 e. The Labute approximate surface area is 100 Å². The summed E-state index contributed by atoms with van der Waals surface area (Å²) in [5, 5.41) is 10.0. The van der Waals surface area contributed by atoms with Gasteiger partial charge in [-0.3, -0.25) is 0 Å². The van der Waals surface area contributed by atoms with Crippen molar-refractivity contribution >= 4 is 0 Å². The third-order valence-electron chi connectivity index (χ3n) is 3.42. The number of hydrogen-bond donors (Lipinski definition) is 1. The molecule has 0 radical (unpaired) electrons. The second-order valence-corrected chi connectivity index (χ2v) is 4.66. The molecule has 1 N–H and O–H groups in total. The second-order valence-electron chi connectivity index (χ2n) is 4.66. The van der Waals surface area contributed by atoms with Gasteiger partial charge in [0.1, 0.15) is 6.10 Å². The summed E-state index contributed by atoms with van der Waals surface area (Å²) < 4.78 is 16.2. The van der Waals surface area contributed by atoms with Gasteiger partial charge >= 0.3 is 0 Å². The number of aliphatic hydroxyl groups is 1. The first-order valence-electron chi connectivity index (χ1n) is 5.84. The normalized spacial score (nSPS) is 41.2. The van der Waals surface area contributed by atoms with E-state index in [1.54, 1.807) is 6.08 Å². The minimum Gasteiger partial charge on any atom is -0.373 e. The summed E-state index contributed by atoms with van der Waals surface area (Å²) >= 11 is 0. The predicted molar refractivity (Wildman–Crippen MR) is 61.1 cm³/mol. The highest BCUT2D eigenvalue weighted by Gasteiger charge is 2.43. The predicted octanol–water partition coefficient (Wildman–Crippen LogP) is 1.28. The third-order valence-corrected chi connectivity index (χ3v) is 3.42. The molecule has 3 rings (SSSR count). The van der Waals surface area contributed by atoms with E-state index < -0.39 is 11.9 Å². The van der Waals surface area contributed by atoms with Gasteiger partial charge in [0, 0.05) is 0 Å². The highest BCUT2D eigenvalue weighted by atomic mass is 16.8. The molecule has 2 heterocycles. The number of hydrogen-bond acceptors (Lipinski definition) is 4. The van der Waals surface area contributed by atoms with E-state index in [2.05, 4.69) is 6.58 Å². The first kappa shape index (κ1) is 11.2. The topological polar surface area (TPSA) is 47.9 Å². The lowest BCUT2D eigenvalue weighted by Gasteiger charge is -2.30.